The van der Waals surface area contributed by atoms with E-state index < -0.39 is 5.97 Å². The molecule has 0 saturated heterocycles. The molecule has 138 valence electrons. The number of carbonyl (C=O) groups is 2. The summed E-state index contributed by atoms with van der Waals surface area (Å²) in [5, 5.41) is 6.27. The minimum absolute atomic E-state index is 0.213. The van der Waals surface area contributed by atoms with Gasteiger partial charge in [-0.2, -0.15) is 0 Å². The van der Waals surface area contributed by atoms with E-state index in [0.29, 0.717) is 27.8 Å². The number of ether oxygens (including phenoxy) is 1. The molecule has 1 amide bonds. The van der Waals surface area contributed by atoms with Crippen LogP contribution in [0.15, 0.2) is 48.7 Å². The quantitative estimate of drug-likeness (QED) is 0.673. The Bertz CT molecular complexity index is 1000. The molecular formula is C20H18FN3O3. The molecule has 27 heavy (non-hydrogen) atoms. The van der Waals surface area contributed by atoms with Crippen LogP contribution in [0, 0.1) is 5.82 Å². The Kier molecular flexibility index (Phi) is 5.30. The third kappa shape index (κ3) is 3.87. The van der Waals surface area contributed by atoms with Gasteiger partial charge in [0.1, 0.15) is 11.4 Å². The Labute approximate surface area is 155 Å². The maximum Gasteiger partial charge on any atom is 0.341 e. The van der Waals surface area contributed by atoms with Gasteiger partial charge in [-0.15, -0.1) is 0 Å². The molecule has 0 aliphatic rings. The molecule has 0 aliphatic carbocycles. The number of benzene rings is 2. The monoisotopic (exact) mass is 367 g/mol. The third-order valence-electron chi connectivity index (χ3n) is 3.97. The fourth-order valence-corrected chi connectivity index (χ4v) is 2.65. The summed E-state index contributed by atoms with van der Waals surface area (Å²) in [6.45, 7) is 1.92. The Morgan fingerprint density at radius 2 is 1.89 bits per heavy atom. The second kappa shape index (κ2) is 7.82. The Morgan fingerprint density at radius 3 is 2.56 bits per heavy atom. The third-order valence-corrected chi connectivity index (χ3v) is 3.97. The van der Waals surface area contributed by atoms with Crippen LogP contribution in [-0.2, 0) is 4.74 Å². The van der Waals surface area contributed by atoms with Gasteiger partial charge in [-0.3, -0.25) is 9.78 Å². The van der Waals surface area contributed by atoms with Crippen molar-refractivity contribution >= 4 is 34.2 Å². The smallest absolute Gasteiger partial charge is 0.341 e. The standard InChI is InChI=1S/C20H18FN3O3/c1-3-27-20(26)16-11-23-17-9-4-12(19(25)22-2)10-15(17)18(16)24-14-7-5-13(21)6-8-14/h4-11H,3H2,1-2H3,(H,22,25)(H,23,24). The molecule has 0 bridgehead atoms. The number of fused-ring (bicyclic) bond motifs is 1. The van der Waals surface area contributed by atoms with Crippen molar-refractivity contribution in [2.45, 2.75) is 6.92 Å². The second-order valence-electron chi connectivity index (χ2n) is 5.71. The number of hydrogen-bond acceptors (Lipinski definition) is 5. The van der Waals surface area contributed by atoms with Crippen molar-refractivity contribution in [3.63, 3.8) is 0 Å². The lowest BCUT2D eigenvalue weighted by molar-refractivity contribution is 0.0527. The topological polar surface area (TPSA) is 80.3 Å². The van der Waals surface area contributed by atoms with E-state index in [2.05, 4.69) is 15.6 Å². The molecule has 2 N–H and O–H groups in total. The molecule has 0 unspecified atom stereocenters. The normalized spacial score (nSPS) is 10.5. The summed E-state index contributed by atoms with van der Waals surface area (Å²) in [7, 11) is 1.54. The van der Waals surface area contributed by atoms with Gasteiger partial charge >= 0.3 is 5.97 Å². The molecule has 1 heterocycles. The lowest BCUT2D eigenvalue weighted by Gasteiger charge is -2.15. The van der Waals surface area contributed by atoms with Gasteiger partial charge in [-0.05, 0) is 49.4 Å². The molecule has 0 saturated carbocycles. The number of hydrogen-bond donors (Lipinski definition) is 2. The van der Waals surface area contributed by atoms with E-state index in [1.165, 1.54) is 25.4 Å². The van der Waals surface area contributed by atoms with Crippen LogP contribution in [0.25, 0.3) is 10.9 Å². The van der Waals surface area contributed by atoms with Crippen LogP contribution in [-0.4, -0.2) is 30.5 Å². The number of pyridine rings is 1. The van der Waals surface area contributed by atoms with Crippen LogP contribution >= 0.6 is 0 Å². The predicted molar refractivity (Wildman–Crippen MR) is 101 cm³/mol. The van der Waals surface area contributed by atoms with Crippen LogP contribution in [0.1, 0.15) is 27.6 Å². The Hall–Kier alpha value is -3.48. The van der Waals surface area contributed by atoms with Crippen LogP contribution in [0.2, 0.25) is 0 Å². The highest BCUT2D eigenvalue weighted by Crippen LogP contribution is 2.30. The van der Waals surface area contributed by atoms with E-state index in [1.807, 2.05) is 0 Å². The number of amides is 1. The summed E-state index contributed by atoms with van der Waals surface area (Å²) in [5.41, 5.74) is 2.27. The highest BCUT2D eigenvalue weighted by molar-refractivity contribution is 6.08. The molecule has 1 aromatic heterocycles. The highest BCUT2D eigenvalue weighted by Gasteiger charge is 2.18. The SMILES string of the molecule is CCOC(=O)c1cnc2ccc(C(=O)NC)cc2c1Nc1ccc(F)cc1. The number of anilines is 2. The second-order valence-corrected chi connectivity index (χ2v) is 5.71. The zero-order valence-corrected chi connectivity index (χ0v) is 14.9. The average molecular weight is 367 g/mol. The van der Waals surface area contributed by atoms with Crippen molar-refractivity contribution < 1.29 is 18.7 Å². The van der Waals surface area contributed by atoms with E-state index in [1.54, 1.807) is 37.3 Å². The lowest BCUT2D eigenvalue weighted by atomic mass is 10.1. The van der Waals surface area contributed by atoms with Crippen LogP contribution in [0.4, 0.5) is 15.8 Å². The van der Waals surface area contributed by atoms with Gasteiger partial charge in [0.05, 0.1) is 17.8 Å². The van der Waals surface area contributed by atoms with E-state index in [9.17, 15) is 14.0 Å². The number of aromatic nitrogens is 1. The number of carbonyl (C=O) groups excluding carboxylic acids is 2. The minimum atomic E-state index is -0.540. The number of nitrogens with zero attached hydrogens (tertiary/aromatic N) is 1. The molecule has 0 spiro atoms. The summed E-state index contributed by atoms with van der Waals surface area (Å²) in [6.07, 6.45) is 1.42. The molecule has 0 radical (unpaired) electrons. The zero-order chi connectivity index (χ0) is 19.4. The van der Waals surface area contributed by atoms with Crippen molar-refractivity contribution in [1.29, 1.82) is 0 Å². The molecule has 2 aromatic carbocycles. The van der Waals surface area contributed by atoms with Gasteiger partial charge in [0.15, 0.2) is 0 Å². The summed E-state index contributed by atoms with van der Waals surface area (Å²) in [5.74, 6) is -1.17. The molecule has 3 aromatic rings. The first-order chi connectivity index (χ1) is 13.0. The van der Waals surface area contributed by atoms with Crippen LogP contribution in [0.5, 0.6) is 0 Å². The number of halogens is 1. The van der Waals surface area contributed by atoms with Crippen molar-refractivity contribution in [3.05, 3.63) is 65.6 Å². The maximum absolute atomic E-state index is 13.2. The average Bonchev–Trinajstić information content (AvgIpc) is 2.69. The van der Waals surface area contributed by atoms with Crippen LogP contribution in [0.3, 0.4) is 0 Å². The van der Waals surface area contributed by atoms with Gasteiger partial charge in [0, 0.05) is 29.9 Å². The largest absolute Gasteiger partial charge is 0.462 e. The first kappa shape index (κ1) is 18.3. The summed E-state index contributed by atoms with van der Waals surface area (Å²) in [4.78, 5) is 28.7. The number of rotatable bonds is 5. The van der Waals surface area contributed by atoms with Gasteiger partial charge in [-0.25, -0.2) is 9.18 Å². The van der Waals surface area contributed by atoms with Gasteiger partial charge in [0.25, 0.3) is 5.91 Å². The molecule has 7 heteroatoms. The number of nitrogens with one attached hydrogen (secondary N) is 2. The highest BCUT2D eigenvalue weighted by atomic mass is 19.1. The first-order valence-electron chi connectivity index (χ1n) is 8.38. The zero-order valence-electron chi connectivity index (χ0n) is 14.9. The van der Waals surface area contributed by atoms with E-state index in [0.717, 1.165) is 0 Å². The van der Waals surface area contributed by atoms with E-state index in [-0.39, 0.29) is 23.9 Å². The molecular weight excluding hydrogens is 349 g/mol. The lowest BCUT2D eigenvalue weighted by Crippen LogP contribution is -2.17. The van der Waals surface area contributed by atoms with Gasteiger partial charge < -0.3 is 15.4 Å². The fraction of sp³-hybridized carbons (Fsp3) is 0.150. The first-order valence-corrected chi connectivity index (χ1v) is 8.38. The molecule has 0 atom stereocenters. The maximum atomic E-state index is 13.2. The van der Waals surface area contributed by atoms with Crippen molar-refractivity contribution in [2.24, 2.45) is 0 Å². The molecule has 3 rings (SSSR count). The van der Waals surface area contributed by atoms with Gasteiger partial charge in [0.2, 0.25) is 0 Å². The summed E-state index contributed by atoms with van der Waals surface area (Å²) < 4.78 is 18.3. The molecule has 0 aliphatic heterocycles. The summed E-state index contributed by atoms with van der Waals surface area (Å²) >= 11 is 0. The van der Waals surface area contributed by atoms with Crippen molar-refractivity contribution in [2.75, 3.05) is 19.0 Å². The number of esters is 1. The Morgan fingerprint density at radius 1 is 1.15 bits per heavy atom. The van der Waals surface area contributed by atoms with E-state index >= 15 is 0 Å². The van der Waals surface area contributed by atoms with Gasteiger partial charge in [-0.1, -0.05) is 0 Å². The van der Waals surface area contributed by atoms with Crippen molar-refractivity contribution in [3.8, 4) is 0 Å². The summed E-state index contributed by atoms with van der Waals surface area (Å²) in [6, 6.07) is 10.7. The minimum Gasteiger partial charge on any atom is -0.462 e. The fourth-order valence-electron chi connectivity index (χ4n) is 2.65. The predicted octanol–water partition coefficient (Wildman–Crippen LogP) is 3.65. The Balaban J connectivity index is 2.19. The van der Waals surface area contributed by atoms with Crippen molar-refractivity contribution in [1.82, 2.24) is 10.3 Å². The van der Waals surface area contributed by atoms with Crippen LogP contribution < -0.4 is 10.6 Å². The van der Waals surface area contributed by atoms with E-state index in [4.69, 9.17) is 4.74 Å². The molecule has 0 fully saturated rings. The molecule has 6 nitrogen and oxygen atoms in total.